The summed E-state index contributed by atoms with van der Waals surface area (Å²) in [6.07, 6.45) is 1.70. The first kappa shape index (κ1) is 15.4. The highest BCUT2D eigenvalue weighted by Gasteiger charge is 2.10. The normalized spacial score (nSPS) is 10.0. The van der Waals surface area contributed by atoms with Crippen molar-refractivity contribution in [1.29, 1.82) is 0 Å². The van der Waals surface area contributed by atoms with Gasteiger partial charge in [-0.05, 0) is 12.1 Å². The van der Waals surface area contributed by atoms with Crippen molar-refractivity contribution < 1.29 is 14.3 Å². The van der Waals surface area contributed by atoms with Crippen molar-refractivity contribution in [1.82, 2.24) is 15.6 Å². The molecule has 0 fully saturated rings. The molecule has 0 aliphatic heterocycles. The number of methoxy groups -OCH3 is 1. The molecule has 0 saturated heterocycles. The Labute approximate surface area is 116 Å². The number of amides is 2. The number of ether oxygens (including phenoxy) is 1. The van der Waals surface area contributed by atoms with Crippen molar-refractivity contribution in [2.75, 3.05) is 26.8 Å². The second-order valence-corrected chi connectivity index (χ2v) is 4.05. The third-order valence-electron chi connectivity index (χ3n) is 2.27. The fourth-order valence-corrected chi connectivity index (χ4v) is 1.53. The second-order valence-electron chi connectivity index (χ2n) is 3.69. The molecule has 1 rings (SSSR count). The lowest BCUT2D eigenvalue weighted by atomic mass is 10.2. The Morgan fingerprint density at radius 2 is 2.16 bits per heavy atom. The Morgan fingerprint density at radius 3 is 2.84 bits per heavy atom. The molecule has 7 heteroatoms. The highest BCUT2D eigenvalue weighted by Crippen LogP contribution is 2.10. The number of halogens is 1. The van der Waals surface area contributed by atoms with E-state index in [1.54, 1.807) is 19.2 Å². The summed E-state index contributed by atoms with van der Waals surface area (Å²) in [4.78, 5) is 26.9. The average molecular weight is 286 g/mol. The minimum Gasteiger partial charge on any atom is -0.383 e. The summed E-state index contributed by atoms with van der Waals surface area (Å²) < 4.78 is 4.80. The van der Waals surface area contributed by atoms with E-state index in [1.807, 2.05) is 0 Å². The molecule has 1 heterocycles. The molecule has 1 aromatic heterocycles. The minimum atomic E-state index is -0.345. The zero-order valence-electron chi connectivity index (χ0n) is 10.6. The van der Waals surface area contributed by atoms with Crippen molar-refractivity contribution in [2.24, 2.45) is 0 Å². The first-order chi connectivity index (χ1) is 9.15. The van der Waals surface area contributed by atoms with E-state index in [4.69, 9.17) is 16.3 Å². The minimum absolute atomic E-state index is 0.143. The van der Waals surface area contributed by atoms with Crippen LogP contribution < -0.4 is 10.6 Å². The molecule has 2 N–H and O–H groups in total. The SMILES string of the molecule is COCCNC(=O)CCNC(=O)c1cccnc1Cl. The molecule has 19 heavy (non-hydrogen) atoms. The molecule has 1 aromatic rings. The molecular weight excluding hydrogens is 270 g/mol. The number of rotatable bonds is 7. The van der Waals surface area contributed by atoms with E-state index in [2.05, 4.69) is 15.6 Å². The second kappa shape index (κ2) is 8.44. The third kappa shape index (κ3) is 5.67. The number of hydrogen-bond acceptors (Lipinski definition) is 4. The molecule has 104 valence electrons. The number of pyridine rings is 1. The van der Waals surface area contributed by atoms with E-state index in [1.165, 1.54) is 6.20 Å². The van der Waals surface area contributed by atoms with Crippen LogP contribution in [0.15, 0.2) is 18.3 Å². The van der Waals surface area contributed by atoms with E-state index >= 15 is 0 Å². The van der Waals surface area contributed by atoms with Crippen LogP contribution in [-0.2, 0) is 9.53 Å². The maximum atomic E-state index is 11.7. The zero-order valence-corrected chi connectivity index (χ0v) is 11.4. The lowest BCUT2D eigenvalue weighted by molar-refractivity contribution is -0.121. The van der Waals surface area contributed by atoms with Gasteiger partial charge in [-0.2, -0.15) is 0 Å². The fraction of sp³-hybridized carbons (Fsp3) is 0.417. The molecule has 0 aliphatic carbocycles. The van der Waals surface area contributed by atoms with E-state index < -0.39 is 0 Å². The predicted octanol–water partition coefficient (Wildman–Crippen LogP) is 0.618. The van der Waals surface area contributed by atoms with E-state index in [0.717, 1.165) is 0 Å². The van der Waals surface area contributed by atoms with E-state index in [9.17, 15) is 9.59 Å². The lowest BCUT2D eigenvalue weighted by Crippen LogP contribution is -2.32. The summed E-state index contributed by atoms with van der Waals surface area (Å²) >= 11 is 5.78. The average Bonchev–Trinajstić information content (AvgIpc) is 2.39. The Hall–Kier alpha value is -1.66. The first-order valence-electron chi connectivity index (χ1n) is 5.79. The summed E-state index contributed by atoms with van der Waals surface area (Å²) in [5, 5.41) is 5.40. The Bertz CT molecular complexity index is 440. The molecular formula is C12H16ClN3O3. The van der Waals surface area contributed by atoms with Gasteiger partial charge in [0.1, 0.15) is 5.15 Å². The van der Waals surface area contributed by atoms with Gasteiger partial charge in [0, 0.05) is 32.8 Å². The molecule has 0 spiro atoms. The van der Waals surface area contributed by atoms with E-state index in [0.29, 0.717) is 18.7 Å². The van der Waals surface area contributed by atoms with Crippen molar-refractivity contribution in [3.63, 3.8) is 0 Å². The summed E-state index contributed by atoms with van der Waals surface area (Å²) in [6.45, 7) is 1.16. The fourth-order valence-electron chi connectivity index (χ4n) is 1.32. The number of nitrogens with zero attached hydrogens (tertiary/aromatic N) is 1. The van der Waals surface area contributed by atoms with Gasteiger partial charge in [-0.3, -0.25) is 9.59 Å². The number of nitrogens with one attached hydrogen (secondary N) is 2. The van der Waals surface area contributed by atoms with Gasteiger partial charge >= 0.3 is 0 Å². The van der Waals surface area contributed by atoms with Crippen LogP contribution in [-0.4, -0.2) is 43.6 Å². The topological polar surface area (TPSA) is 80.3 Å². The molecule has 0 bridgehead atoms. The molecule has 0 aromatic carbocycles. The van der Waals surface area contributed by atoms with Crippen LogP contribution in [0.5, 0.6) is 0 Å². The summed E-state index contributed by atoms with van der Waals surface area (Å²) in [7, 11) is 1.56. The van der Waals surface area contributed by atoms with Gasteiger partial charge in [-0.15, -0.1) is 0 Å². The van der Waals surface area contributed by atoms with Crippen LogP contribution in [0.2, 0.25) is 5.15 Å². The van der Waals surface area contributed by atoms with Crippen molar-refractivity contribution in [2.45, 2.75) is 6.42 Å². The van der Waals surface area contributed by atoms with Gasteiger partial charge in [0.05, 0.1) is 12.2 Å². The maximum Gasteiger partial charge on any atom is 0.254 e. The van der Waals surface area contributed by atoms with Gasteiger partial charge < -0.3 is 15.4 Å². The van der Waals surface area contributed by atoms with Crippen LogP contribution in [0.4, 0.5) is 0 Å². The number of aromatic nitrogens is 1. The first-order valence-corrected chi connectivity index (χ1v) is 6.17. The predicted molar refractivity (Wildman–Crippen MR) is 71.1 cm³/mol. The molecule has 0 saturated carbocycles. The summed E-state index contributed by atoms with van der Waals surface area (Å²) in [6, 6.07) is 3.20. The molecule has 0 aliphatic rings. The van der Waals surface area contributed by atoms with Crippen LogP contribution in [0.3, 0.4) is 0 Å². The highest BCUT2D eigenvalue weighted by atomic mass is 35.5. The van der Waals surface area contributed by atoms with Crippen LogP contribution in [0.25, 0.3) is 0 Å². The Morgan fingerprint density at radius 1 is 1.37 bits per heavy atom. The Balaban J connectivity index is 2.28. The number of hydrogen-bond donors (Lipinski definition) is 2. The van der Waals surface area contributed by atoms with Gasteiger partial charge in [-0.25, -0.2) is 4.98 Å². The van der Waals surface area contributed by atoms with Gasteiger partial charge in [0.2, 0.25) is 5.91 Å². The standard InChI is InChI=1S/C12H16ClN3O3/c1-19-8-7-14-10(17)4-6-16-12(18)9-3-2-5-15-11(9)13/h2-3,5H,4,6-8H2,1H3,(H,14,17)(H,16,18). The molecule has 0 radical (unpaired) electrons. The quantitative estimate of drug-likeness (QED) is 0.568. The molecule has 0 unspecified atom stereocenters. The smallest absolute Gasteiger partial charge is 0.254 e. The van der Waals surface area contributed by atoms with E-state index in [-0.39, 0.29) is 29.9 Å². The maximum absolute atomic E-state index is 11.7. The van der Waals surface area contributed by atoms with Crippen molar-refractivity contribution in [3.05, 3.63) is 29.0 Å². The Kier molecular flexibility index (Phi) is 6.84. The summed E-state index contributed by atoms with van der Waals surface area (Å²) in [5.74, 6) is -0.488. The van der Waals surface area contributed by atoms with Crippen LogP contribution in [0, 0.1) is 0 Å². The molecule has 0 atom stereocenters. The van der Waals surface area contributed by atoms with Crippen LogP contribution >= 0.6 is 11.6 Å². The largest absolute Gasteiger partial charge is 0.383 e. The highest BCUT2D eigenvalue weighted by molar-refractivity contribution is 6.32. The molecule has 6 nitrogen and oxygen atoms in total. The lowest BCUT2D eigenvalue weighted by Gasteiger charge is -2.07. The van der Waals surface area contributed by atoms with Crippen LogP contribution in [0.1, 0.15) is 16.8 Å². The summed E-state index contributed by atoms with van der Waals surface area (Å²) in [5.41, 5.74) is 0.295. The van der Waals surface area contributed by atoms with Gasteiger partial charge in [0.25, 0.3) is 5.91 Å². The van der Waals surface area contributed by atoms with Crippen molar-refractivity contribution in [3.8, 4) is 0 Å². The molecule has 2 amide bonds. The number of carbonyl (C=O) groups is 2. The van der Waals surface area contributed by atoms with Gasteiger partial charge in [0.15, 0.2) is 0 Å². The number of carbonyl (C=O) groups excluding carboxylic acids is 2. The monoisotopic (exact) mass is 285 g/mol. The van der Waals surface area contributed by atoms with Gasteiger partial charge in [-0.1, -0.05) is 11.6 Å². The van der Waals surface area contributed by atoms with Crippen molar-refractivity contribution >= 4 is 23.4 Å². The zero-order chi connectivity index (χ0) is 14.1. The third-order valence-corrected chi connectivity index (χ3v) is 2.57.